The Balaban J connectivity index is 1.57. The average Bonchev–Trinajstić information content (AvgIpc) is 3.25. The Labute approximate surface area is 174 Å². The van der Waals surface area contributed by atoms with Crippen molar-refractivity contribution in [2.24, 2.45) is 0 Å². The molecule has 0 fully saturated rings. The van der Waals surface area contributed by atoms with Crippen LogP contribution in [0.2, 0.25) is 0 Å². The molecule has 6 nitrogen and oxygen atoms in total. The van der Waals surface area contributed by atoms with E-state index in [9.17, 15) is 10.1 Å². The largest absolute Gasteiger partial charge is 0.269 e. The molecule has 0 aliphatic heterocycles. The molecule has 0 atom stereocenters. The zero-order valence-electron chi connectivity index (χ0n) is 16.4. The van der Waals surface area contributed by atoms with Gasteiger partial charge < -0.3 is 0 Å². The highest BCUT2D eigenvalue weighted by Crippen LogP contribution is 2.29. The molecule has 0 radical (unpaired) electrons. The van der Waals surface area contributed by atoms with Gasteiger partial charge in [-0.3, -0.25) is 10.1 Å². The molecule has 1 aromatic heterocycles. The molecular weight excluding hydrogens is 376 g/mol. The van der Waals surface area contributed by atoms with E-state index in [1.54, 1.807) is 23.0 Å². The average molecular weight is 396 g/mol. The van der Waals surface area contributed by atoms with Crippen molar-refractivity contribution in [2.75, 3.05) is 0 Å². The first-order chi connectivity index (χ1) is 14.7. The van der Waals surface area contributed by atoms with Gasteiger partial charge in [0.1, 0.15) is 0 Å². The zero-order valence-corrected chi connectivity index (χ0v) is 16.4. The van der Waals surface area contributed by atoms with Crippen LogP contribution in [-0.4, -0.2) is 19.9 Å². The van der Waals surface area contributed by atoms with Crippen LogP contribution in [0.5, 0.6) is 0 Å². The monoisotopic (exact) mass is 396 g/mol. The molecule has 0 N–H and O–H groups in total. The number of nitro groups is 1. The van der Waals surface area contributed by atoms with Gasteiger partial charge in [0.05, 0.1) is 22.5 Å². The van der Waals surface area contributed by atoms with E-state index in [2.05, 4.69) is 52.8 Å². The van der Waals surface area contributed by atoms with Gasteiger partial charge in [-0.05, 0) is 66.1 Å². The van der Waals surface area contributed by atoms with E-state index >= 15 is 0 Å². The lowest BCUT2D eigenvalue weighted by Crippen LogP contribution is -2.04. The van der Waals surface area contributed by atoms with Crippen molar-refractivity contribution in [2.45, 2.75) is 25.7 Å². The van der Waals surface area contributed by atoms with Gasteiger partial charge in [0.2, 0.25) is 0 Å². The quantitative estimate of drug-likeness (QED) is 0.371. The summed E-state index contributed by atoms with van der Waals surface area (Å²) in [6.07, 6.45) is 5.61. The molecule has 8 rings (SSSR count). The van der Waals surface area contributed by atoms with E-state index < -0.39 is 4.92 Å². The van der Waals surface area contributed by atoms with Crippen molar-refractivity contribution in [1.82, 2.24) is 15.0 Å². The second-order valence-corrected chi connectivity index (χ2v) is 7.61. The summed E-state index contributed by atoms with van der Waals surface area (Å²) in [5.41, 5.74) is 8.02. The first-order valence-electron chi connectivity index (χ1n) is 10.0. The van der Waals surface area contributed by atoms with Gasteiger partial charge in [0, 0.05) is 17.7 Å². The van der Waals surface area contributed by atoms with E-state index in [1.165, 1.54) is 34.4 Å². The van der Waals surface area contributed by atoms with Crippen molar-refractivity contribution >= 4 is 5.69 Å². The second kappa shape index (κ2) is 7.55. The summed E-state index contributed by atoms with van der Waals surface area (Å²) in [4.78, 5) is 10.6. The fraction of sp³-hybridized carbons (Fsp3) is 0.167. The summed E-state index contributed by atoms with van der Waals surface area (Å²) in [5, 5.41) is 19.4. The molecule has 0 spiro atoms. The van der Waals surface area contributed by atoms with Crippen molar-refractivity contribution in [3.05, 3.63) is 105 Å². The zero-order chi connectivity index (χ0) is 20.5. The predicted molar refractivity (Wildman–Crippen MR) is 115 cm³/mol. The molecule has 30 heavy (non-hydrogen) atoms. The molecule has 0 saturated carbocycles. The van der Waals surface area contributed by atoms with Crippen LogP contribution >= 0.6 is 0 Å². The molecule has 0 amide bonds. The predicted octanol–water partition coefficient (Wildman–Crippen LogP) is 4.73. The van der Waals surface area contributed by atoms with Crippen LogP contribution in [0.3, 0.4) is 0 Å². The van der Waals surface area contributed by atoms with Gasteiger partial charge in [-0.25, -0.2) is 4.68 Å². The summed E-state index contributed by atoms with van der Waals surface area (Å²) >= 11 is 0. The minimum absolute atomic E-state index is 0.0586. The van der Waals surface area contributed by atoms with Crippen molar-refractivity contribution in [1.29, 1.82) is 0 Å². The number of nitrogens with zero attached hydrogens (tertiary/aromatic N) is 4. The number of hydrogen-bond donors (Lipinski definition) is 0. The lowest BCUT2D eigenvalue weighted by atomic mass is 9.92. The first-order valence-corrected chi connectivity index (χ1v) is 10.0. The minimum atomic E-state index is -0.399. The van der Waals surface area contributed by atoms with Crippen LogP contribution < -0.4 is 0 Å². The molecule has 3 aromatic carbocycles. The standard InChI is InChI=1S/C24H20N4O2/c29-28(30)22-13-11-21(12-14-22)27-24(16-25-26-27)23-15-19-6-5-17-1-3-18(4-2-17)7-9-20(23)10-8-19/h1-4,8,10-16H,5-7,9H2. The summed E-state index contributed by atoms with van der Waals surface area (Å²) in [6, 6.07) is 22.0. The molecule has 6 heteroatoms. The number of aromatic nitrogens is 3. The normalized spacial score (nSPS) is 13.1. The molecule has 0 saturated heterocycles. The Morgan fingerprint density at radius 3 is 2.13 bits per heavy atom. The maximum atomic E-state index is 11.0. The van der Waals surface area contributed by atoms with Gasteiger partial charge in [-0.15, -0.1) is 5.10 Å². The number of aryl methyl sites for hydroxylation is 4. The highest BCUT2D eigenvalue weighted by molar-refractivity contribution is 5.66. The third-order valence-electron chi connectivity index (χ3n) is 5.71. The molecular formula is C24H20N4O2. The van der Waals surface area contributed by atoms with Crippen molar-refractivity contribution in [3.63, 3.8) is 0 Å². The van der Waals surface area contributed by atoms with E-state index in [0.717, 1.165) is 42.6 Å². The van der Waals surface area contributed by atoms with Gasteiger partial charge in [0.25, 0.3) is 5.69 Å². The number of nitro benzene ring substituents is 1. The minimum Gasteiger partial charge on any atom is -0.258 e. The number of non-ortho nitro benzene ring substituents is 1. The maximum absolute atomic E-state index is 11.0. The van der Waals surface area contributed by atoms with Gasteiger partial charge >= 0.3 is 0 Å². The van der Waals surface area contributed by atoms with Crippen LogP contribution in [0.15, 0.2) is 72.9 Å². The molecule has 4 aliphatic carbocycles. The first kappa shape index (κ1) is 18.2. The molecule has 0 unspecified atom stereocenters. The Hall–Kier alpha value is -3.80. The van der Waals surface area contributed by atoms with Crippen LogP contribution in [-0.2, 0) is 25.7 Å². The molecule has 1 heterocycles. The summed E-state index contributed by atoms with van der Waals surface area (Å²) in [6.45, 7) is 0. The van der Waals surface area contributed by atoms with Crippen molar-refractivity contribution < 1.29 is 4.92 Å². The highest BCUT2D eigenvalue weighted by atomic mass is 16.6. The van der Waals surface area contributed by atoms with Crippen molar-refractivity contribution in [3.8, 4) is 16.9 Å². The molecule has 4 bridgehead atoms. The van der Waals surface area contributed by atoms with Crippen LogP contribution in [0.25, 0.3) is 16.9 Å². The Morgan fingerprint density at radius 2 is 1.43 bits per heavy atom. The van der Waals surface area contributed by atoms with Gasteiger partial charge in [0.15, 0.2) is 0 Å². The topological polar surface area (TPSA) is 73.8 Å². The second-order valence-electron chi connectivity index (χ2n) is 7.61. The maximum Gasteiger partial charge on any atom is 0.269 e. The lowest BCUT2D eigenvalue weighted by Gasteiger charge is -2.15. The van der Waals surface area contributed by atoms with Crippen LogP contribution in [0, 0.1) is 10.1 Å². The molecule has 4 aliphatic rings. The number of rotatable bonds is 3. The number of hydrogen-bond acceptors (Lipinski definition) is 4. The summed E-state index contributed by atoms with van der Waals surface area (Å²) in [7, 11) is 0. The fourth-order valence-corrected chi connectivity index (χ4v) is 4.00. The SMILES string of the molecule is O=[N+]([O-])c1ccc(-n2nncc2-c2cc3ccc2CCc2ccc(cc2)CC3)cc1. The molecule has 4 aromatic rings. The third kappa shape index (κ3) is 3.48. The van der Waals surface area contributed by atoms with Gasteiger partial charge in [-0.2, -0.15) is 0 Å². The van der Waals surface area contributed by atoms with Gasteiger partial charge in [-0.1, -0.05) is 41.6 Å². The summed E-state index contributed by atoms with van der Waals surface area (Å²) in [5.74, 6) is 0. The van der Waals surface area contributed by atoms with E-state index in [4.69, 9.17) is 0 Å². The molecule has 148 valence electrons. The van der Waals surface area contributed by atoms with Crippen LogP contribution in [0.1, 0.15) is 22.3 Å². The highest BCUT2D eigenvalue weighted by Gasteiger charge is 2.15. The van der Waals surface area contributed by atoms with E-state index in [-0.39, 0.29) is 5.69 Å². The van der Waals surface area contributed by atoms with Crippen LogP contribution in [0.4, 0.5) is 5.69 Å². The fourth-order valence-electron chi connectivity index (χ4n) is 4.00. The lowest BCUT2D eigenvalue weighted by molar-refractivity contribution is -0.384. The smallest absolute Gasteiger partial charge is 0.258 e. The summed E-state index contributed by atoms with van der Waals surface area (Å²) < 4.78 is 1.76. The third-order valence-corrected chi connectivity index (χ3v) is 5.71. The Kier molecular flexibility index (Phi) is 4.59. The Morgan fingerprint density at radius 1 is 0.800 bits per heavy atom. The van der Waals surface area contributed by atoms with E-state index in [1.807, 2.05) is 0 Å². The Bertz CT molecular complexity index is 1210. The number of benzene rings is 3. The van der Waals surface area contributed by atoms with E-state index in [0.29, 0.717) is 0 Å².